The van der Waals surface area contributed by atoms with E-state index in [-0.39, 0.29) is 17.4 Å². The van der Waals surface area contributed by atoms with Gasteiger partial charge in [-0.2, -0.15) is 0 Å². The van der Waals surface area contributed by atoms with Crippen LogP contribution < -0.4 is 10.5 Å². The van der Waals surface area contributed by atoms with Crippen molar-refractivity contribution < 1.29 is 8.42 Å². The molecule has 0 aliphatic rings. The standard InChI is InChI=1S/C11H11N5O2S2/c12-10-11(16-4-2-1-3-9(16)15-10)20(17,18)14-5-8-6-19-7-13-8/h1-4,6-7,14H,5,12H2. The lowest BCUT2D eigenvalue weighted by atomic mass is 10.5. The van der Waals surface area contributed by atoms with Crippen LogP contribution in [0.2, 0.25) is 0 Å². The number of aromatic nitrogens is 3. The van der Waals surface area contributed by atoms with Crippen LogP contribution in [0.15, 0.2) is 40.3 Å². The number of anilines is 1. The molecule has 0 aliphatic carbocycles. The Kier molecular flexibility index (Phi) is 3.16. The van der Waals surface area contributed by atoms with Crippen molar-refractivity contribution in [3.8, 4) is 0 Å². The second-order valence-electron chi connectivity index (χ2n) is 4.04. The van der Waals surface area contributed by atoms with Crippen LogP contribution in [0.25, 0.3) is 5.65 Å². The first-order valence-electron chi connectivity index (χ1n) is 5.67. The quantitative estimate of drug-likeness (QED) is 0.744. The third-order valence-electron chi connectivity index (χ3n) is 2.69. The summed E-state index contributed by atoms with van der Waals surface area (Å²) >= 11 is 1.41. The van der Waals surface area contributed by atoms with E-state index in [2.05, 4.69) is 14.7 Å². The van der Waals surface area contributed by atoms with E-state index in [0.717, 1.165) is 0 Å². The molecule has 0 bridgehead atoms. The van der Waals surface area contributed by atoms with Gasteiger partial charge in [0.05, 0.1) is 17.7 Å². The van der Waals surface area contributed by atoms with E-state index in [0.29, 0.717) is 11.3 Å². The van der Waals surface area contributed by atoms with Crippen LogP contribution >= 0.6 is 11.3 Å². The van der Waals surface area contributed by atoms with Crippen molar-refractivity contribution >= 4 is 32.8 Å². The zero-order valence-corrected chi connectivity index (χ0v) is 11.9. The summed E-state index contributed by atoms with van der Waals surface area (Å²) < 4.78 is 28.6. The Bertz CT molecular complexity index is 839. The van der Waals surface area contributed by atoms with Crippen LogP contribution in [0, 0.1) is 0 Å². The maximum Gasteiger partial charge on any atom is 0.260 e. The van der Waals surface area contributed by atoms with Crippen molar-refractivity contribution in [3.63, 3.8) is 0 Å². The first-order chi connectivity index (χ1) is 9.58. The van der Waals surface area contributed by atoms with E-state index < -0.39 is 10.0 Å². The number of imidazole rings is 1. The van der Waals surface area contributed by atoms with Crippen LogP contribution in [-0.2, 0) is 16.6 Å². The summed E-state index contributed by atoms with van der Waals surface area (Å²) in [7, 11) is -3.76. The van der Waals surface area contributed by atoms with Crippen LogP contribution in [-0.4, -0.2) is 22.8 Å². The number of pyridine rings is 1. The smallest absolute Gasteiger partial charge is 0.260 e. The number of nitrogens with two attached hydrogens (primary N) is 1. The molecule has 0 unspecified atom stereocenters. The zero-order chi connectivity index (χ0) is 14.2. The molecule has 3 rings (SSSR count). The summed E-state index contributed by atoms with van der Waals surface area (Å²) in [6, 6.07) is 5.17. The van der Waals surface area contributed by atoms with E-state index in [1.807, 2.05) is 0 Å². The van der Waals surface area contributed by atoms with Crippen molar-refractivity contribution in [2.75, 3.05) is 5.73 Å². The fourth-order valence-electron chi connectivity index (χ4n) is 1.82. The third-order valence-corrected chi connectivity index (χ3v) is 4.77. The molecule has 0 fully saturated rings. The number of nitrogens with zero attached hydrogens (tertiary/aromatic N) is 3. The summed E-state index contributed by atoms with van der Waals surface area (Å²) in [6.45, 7) is 0.116. The fourth-order valence-corrected chi connectivity index (χ4v) is 3.59. The first kappa shape index (κ1) is 13.0. The maximum atomic E-state index is 12.3. The second kappa shape index (κ2) is 4.85. The monoisotopic (exact) mass is 309 g/mol. The Hall–Kier alpha value is -1.97. The number of fused-ring (bicyclic) bond motifs is 1. The Morgan fingerprint density at radius 2 is 2.25 bits per heavy atom. The molecule has 20 heavy (non-hydrogen) atoms. The van der Waals surface area contributed by atoms with Crippen LogP contribution in [0.1, 0.15) is 5.69 Å². The molecule has 3 N–H and O–H groups in total. The van der Waals surface area contributed by atoms with Crippen LogP contribution in [0.5, 0.6) is 0 Å². The largest absolute Gasteiger partial charge is 0.381 e. The number of rotatable bonds is 4. The Morgan fingerprint density at radius 1 is 1.40 bits per heavy atom. The molecule has 3 aromatic heterocycles. The third kappa shape index (κ3) is 2.26. The predicted molar refractivity (Wildman–Crippen MR) is 75.7 cm³/mol. The number of nitrogen functional groups attached to an aromatic ring is 1. The van der Waals surface area contributed by atoms with Crippen LogP contribution in [0.3, 0.4) is 0 Å². The highest BCUT2D eigenvalue weighted by Crippen LogP contribution is 2.19. The summed E-state index contributed by atoms with van der Waals surface area (Å²) in [5.41, 5.74) is 8.51. The normalized spacial score (nSPS) is 12.0. The molecule has 0 aromatic carbocycles. The average Bonchev–Trinajstić information content (AvgIpc) is 3.02. The molecule has 0 aliphatic heterocycles. The molecule has 0 saturated carbocycles. The van der Waals surface area contributed by atoms with Crippen LogP contribution in [0.4, 0.5) is 5.82 Å². The lowest BCUT2D eigenvalue weighted by molar-refractivity contribution is 0.576. The number of thiazole rings is 1. The van der Waals surface area contributed by atoms with Gasteiger partial charge >= 0.3 is 0 Å². The molecule has 3 heterocycles. The minimum Gasteiger partial charge on any atom is -0.381 e. The number of hydrogen-bond acceptors (Lipinski definition) is 6. The fraction of sp³-hybridized carbons (Fsp3) is 0.0909. The van der Waals surface area contributed by atoms with Gasteiger partial charge in [0.2, 0.25) is 0 Å². The summed E-state index contributed by atoms with van der Waals surface area (Å²) in [6.07, 6.45) is 1.61. The van der Waals surface area contributed by atoms with Crippen molar-refractivity contribution in [2.45, 2.75) is 11.6 Å². The van der Waals surface area contributed by atoms with Gasteiger partial charge in [0.15, 0.2) is 10.8 Å². The average molecular weight is 309 g/mol. The first-order valence-corrected chi connectivity index (χ1v) is 8.10. The number of nitrogens with one attached hydrogen (secondary N) is 1. The van der Waals surface area contributed by atoms with Gasteiger partial charge in [0.1, 0.15) is 5.65 Å². The lowest BCUT2D eigenvalue weighted by Gasteiger charge is -2.05. The van der Waals surface area contributed by atoms with Gasteiger partial charge in [-0.25, -0.2) is 23.1 Å². The molecule has 0 amide bonds. The minimum atomic E-state index is -3.76. The van der Waals surface area contributed by atoms with Gasteiger partial charge < -0.3 is 5.73 Å². The maximum absolute atomic E-state index is 12.3. The molecule has 3 aromatic rings. The Balaban J connectivity index is 1.98. The number of hydrogen-bond donors (Lipinski definition) is 2. The highest BCUT2D eigenvalue weighted by Gasteiger charge is 2.23. The topological polar surface area (TPSA) is 102 Å². The molecule has 0 atom stereocenters. The molecular formula is C11H11N5O2S2. The molecule has 0 radical (unpaired) electrons. The van der Waals surface area contributed by atoms with E-state index in [9.17, 15) is 8.42 Å². The molecule has 0 spiro atoms. The van der Waals surface area contributed by atoms with Gasteiger partial charge in [0.25, 0.3) is 10.0 Å². The van der Waals surface area contributed by atoms with Gasteiger partial charge in [-0.3, -0.25) is 4.40 Å². The van der Waals surface area contributed by atoms with E-state index in [1.54, 1.807) is 35.3 Å². The highest BCUT2D eigenvalue weighted by atomic mass is 32.2. The molecule has 0 saturated heterocycles. The van der Waals surface area contributed by atoms with E-state index in [4.69, 9.17) is 5.73 Å². The van der Waals surface area contributed by atoms with Crippen molar-refractivity contribution in [3.05, 3.63) is 41.0 Å². The predicted octanol–water partition coefficient (Wildman–Crippen LogP) is 0.851. The molecule has 9 heteroatoms. The molecule has 104 valence electrons. The zero-order valence-electron chi connectivity index (χ0n) is 10.2. The van der Waals surface area contributed by atoms with Crippen molar-refractivity contribution in [1.82, 2.24) is 19.1 Å². The van der Waals surface area contributed by atoms with Gasteiger partial charge in [-0.05, 0) is 12.1 Å². The molecular weight excluding hydrogens is 298 g/mol. The minimum absolute atomic E-state index is 0.0259. The van der Waals surface area contributed by atoms with Gasteiger partial charge in [-0.15, -0.1) is 11.3 Å². The Labute approximate surface area is 119 Å². The summed E-state index contributed by atoms with van der Waals surface area (Å²) in [5.74, 6) is -0.0259. The van der Waals surface area contributed by atoms with Gasteiger partial charge in [-0.1, -0.05) is 6.07 Å². The lowest BCUT2D eigenvalue weighted by Crippen LogP contribution is -2.25. The second-order valence-corrected chi connectivity index (χ2v) is 6.44. The van der Waals surface area contributed by atoms with E-state index >= 15 is 0 Å². The highest BCUT2D eigenvalue weighted by molar-refractivity contribution is 7.89. The van der Waals surface area contributed by atoms with Gasteiger partial charge in [0, 0.05) is 11.6 Å². The summed E-state index contributed by atoms with van der Waals surface area (Å²) in [4.78, 5) is 8.06. The van der Waals surface area contributed by atoms with Crippen molar-refractivity contribution in [1.29, 1.82) is 0 Å². The summed E-state index contributed by atoms with van der Waals surface area (Å²) in [5, 5.41) is 1.73. The van der Waals surface area contributed by atoms with E-state index in [1.165, 1.54) is 15.7 Å². The Morgan fingerprint density at radius 3 is 3.00 bits per heavy atom. The number of sulfonamides is 1. The molecule has 7 nitrogen and oxygen atoms in total. The SMILES string of the molecule is Nc1nc2ccccn2c1S(=O)(=O)NCc1cscn1. The van der Waals surface area contributed by atoms with Crippen molar-refractivity contribution in [2.24, 2.45) is 0 Å².